The first-order valence-corrected chi connectivity index (χ1v) is 13.4. The molecule has 0 aliphatic heterocycles. The van der Waals surface area contributed by atoms with E-state index in [0.717, 1.165) is 48.5 Å². The largest absolute Gasteiger partial charge is 0.389 e. The van der Waals surface area contributed by atoms with Gasteiger partial charge in [-0.3, -0.25) is 0 Å². The molecule has 0 spiro atoms. The summed E-state index contributed by atoms with van der Waals surface area (Å²) in [5.74, 6) is 4.43. The zero-order valence-electron chi connectivity index (χ0n) is 21.2. The molecule has 0 amide bonds. The molecule has 0 heterocycles. The molecule has 174 valence electrons. The van der Waals surface area contributed by atoms with E-state index in [4.69, 9.17) is 0 Å². The van der Waals surface area contributed by atoms with Crippen LogP contribution in [-0.4, -0.2) is 11.2 Å². The van der Waals surface area contributed by atoms with E-state index in [1.807, 2.05) is 0 Å². The molecule has 2 saturated carbocycles. The molecule has 4 rings (SSSR count). The fourth-order valence-corrected chi connectivity index (χ4v) is 8.52. The van der Waals surface area contributed by atoms with Crippen molar-refractivity contribution in [2.75, 3.05) is 0 Å². The van der Waals surface area contributed by atoms with Gasteiger partial charge in [0, 0.05) is 0 Å². The molecule has 0 aromatic carbocycles. The maximum absolute atomic E-state index is 10.4. The van der Waals surface area contributed by atoms with Crippen LogP contribution in [0.3, 0.4) is 0 Å². The quantitative estimate of drug-likeness (QED) is 0.427. The third-order valence-corrected chi connectivity index (χ3v) is 10.8. The van der Waals surface area contributed by atoms with E-state index in [-0.39, 0.29) is 11.5 Å². The Hall–Kier alpha value is -0.820. The van der Waals surface area contributed by atoms with Gasteiger partial charge in [-0.2, -0.15) is 0 Å². The lowest BCUT2D eigenvalue weighted by Crippen LogP contribution is -2.49. The van der Waals surface area contributed by atoms with E-state index in [1.165, 1.54) is 38.5 Å². The van der Waals surface area contributed by atoms with Crippen LogP contribution < -0.4 is 0 Å². The van der Waals surface area contributed by atoms with Crippen LogP contribution in [0.2, 0.25) is 0 Å². The number of rotatable bonds is 6. The fraction of sp³-hybridized carbons (Fsp3) is 0.800. The lowest BCUT2D eigenvalue weighted by molar-refractivity contribution is 0.0148. The van der Waals surface area contributed by atoms with Gasteiger partial charge in [0.2, 0.25) is 0 Å². The number of fused-ring (bicyclic) bond motifs is 5. The lowest BCUT2D eigenvalue weighted by Gasteiger charge is -2.57. The minimum absolute atomic E-state index is 0.282. The van der Waals surface area contributed by atoms with Crippen molar-refractivity contribution < 1.29 is 5.11 Å². The van der Waals surface area contributed by atoms with Crippen LogP contribution >= 0.6 is 0 Å². The van der Waals surface area contributed by atoms with Gasteiger partial charge in [0.1, 0.15) is 0 Å². The number of aliphatic hydroxyl groups is 1. The van der Waals surface area contributed by atoms with Crippen molar-refractivity contribution >= 4 is 0 Å². The second-order valence-electron chi connectivity index (χ2n) is 12.5. The molecule has 0 bridgehead atoms. The summed E-state index contributed by atoms with van der Waals surface area (Å²) in [6, 6.07) is 0. The van der Waals surface area contributed by atoms with Gasteiger partial charge in [-0.15, -0.1) is 0 Å². The molecule has 0 unspecified atom stereocenters. The molecule has 1 nitrogen and oxygen atoms in total. The first-order chi connectivity index (χ1) is 14.6. The molecule has 0 saturated heterocycles. The minimum atomic E-state index is -0.282. The van der Waals surface area contributed by atoms with Crippen molar-refractivity contribution in [3.63, 3.8) is 0 Å². The lowest BCUT2D eigenvalue weighted by atomic mass is 9.48. The van der Waals surface area contributed by atoms with Crippen LogP contribution in [0.5, 0.6) is 0 Å². The molecule has 2 fully saturated rings. The molecule has 1 N–H and O–H groups in total. The third-order valence-electron chi connectivity index (χ3n) is 10.8. The van der Waals surface area contributed by atoms with E-state index in [0.29, 0.717) is 17.3 Å². The van der Waals surface area contributed by atoms with Crippen LogP contribution in [-0.2, 0) is 0 Å². The Labute approximate surface area is 192 Å². The summed E-state index contributed by atoms with van der Waals surface area (Å²) in [6.45, 7) is 19.2. The average molecular weight is 425 g/mol. The average Bonchev–Trinajstić information content (AvgIpc) is 3.08. The van der Waals surface area contributed by atoms with Gasteiger partial charge in [-0.1, -0.05) is 73.1 Å². The van der Waals surface area contributed by atoms with Crippen molar-refractivity contribution in [1.82, 2.24) is 0 Å². The molecule has 0 aromatic rings. The van der Waals surface area contributed by atoms with E-state index in [2.05, 4.69) is 60.3 Å². The molecule has 1 heteroatoms. The fourth-order valence-electron chi connectivity index (χ4n) is 8.52. The van der Waals surface area contributed by atoms with Gasteiger partial charge in [-0.25, -0.2) is 0 Å². The number of aliphatic hydroxyl groups excluding tert-OH is 1. The summed E-state index contributed by atoms with van der Waals surface area (Å²) >= 11 is 0. The third kappa shape index (κ3) is 3.71. The predicted octanol–water partition coefficient (Wildman–Crippen LogP) is 8.11. The summed E-state index contributed by atoms with van der Waals surface area (Å²) in [4.78, 5) is 0. The summed E-state index contributed by atoms with van der Waals surface area (Å²) < 4.78 is 0. The standard InChI is InChI=1S/C30H48O/c1-8-22(19(2)3)10-9-20(4)24-13-14-26-23-11-12-25-21(5)28(31)16-18-30(25,7)27(23)15-17-29(24,26)6/h11,14,19-20,22,24-25,27-28,31H,5,8-10,12-13,15-18H2,1-4,6-7H3/t20-,22+,24-,25+,27+,28+,29-,30+/m1/s1. The topological polar surface area (TPSA) is 20.2 Å². The smallest absolute Gasteiger partial charge is 0.0750 e. The van der Waals surface area contributed by atoms with Crippen molar-refractivity contribution in [1.29, 1.82) is 0 Å². The van der Waals surface area contributed by atoms with E-state index < -0.39 is 0 Å². The number of hydrogen-bond acceptors (Lipinski definition) is 1. The molecule has 4 aliphatic carbocycles. The molecule has 8 atom stereocenters. The summed E-state index contributed by atoms with van der Waals surface area (Å²) in [7, 11) is 0. The highest BCUT2D eigenvalue weighted by Crippen LogP contribution is 2.65. The second kappa shape index (κ2) is 8.51. The van der Waals surface area contributed by atoms with Crippen molar-refractivity contribution in [2.45, 2.75) is 105 Å². The van der Waals surface area contributed by atoms with Crippen molar-refractivity contribution in [2.24, 2.45) is 46.3 Å². The SMILES string of the molecule is C=C1[C@@H](O)CC[C@@]2(C)[C@H]1CC=C1C3=CC[C@H]([C@H](C)CC[C@H](CC)C(C)C)[C@@]3(C)CC[C@@H]12. The monoisotopic (exact) mass is 424 g/mol. The van der Waals surface area contributed by atoms with Crippen molar-refractivity contribution in [3.05, 3.63) is 35.5 Å². The van der Waals surface area contributed by atoms with Crippen LogP contribution in [0.15, 0.2) is 35.5 Å². The molecule has 4 aliphatic rings. The molecule has 0 aromatic heterocycles. The predicted molar refractivity (Wildman–Crippen MR) is 133 cm³/mol. The van der Waals surface area contributed by atoms with Gasteiger partial charge in [-0.05, 0) is 108 Å². The van der Waals surface area contributed by atoms with Gasteiger partial charge in [0.25, 0.3) is 0 Å². The highest BCUT2D eigenvalue weighted by Gasteiger charge is 2.56. The van der Waals surface area contributed by atoms with Crippen LogP contribution in [0.1, 0.15) is 99.3 Å². The second-order valence-corrected chi connectivity index (χ2v) is 12.5. The number of allylic oxidation sites excluding steroid dienone is 4. The van der Waals surface area contributed by atoms with Crippen LogP contribution in [0, 0.1) is 46.3 Å². The maximum Gasteiger partial charge on any atom is 0.0750 e. The Balaban J connectivity index is 1.52. The zero-order chi connectivity index (χ0) is 22.6. The van der Waals surface area contributed by atoms with E-state index in [1.54, 1.807) is 11.1 Å². The normalized spacial score (nSPS) is 41.7. The van der Waals surface area contributed by atoms with Gasteiger partial charge < -0.3 is 5.11 Å². The van der Waals surface area contributed by atoms with Crippen LogP contribution in [0.4, 0.5) is 0 Å². The minimum Gasteiger partial charge on any atom is -0.389 e. The molecular weight excluding hydrogens is 376 g/mol. The van der Waals surface area contributed by atoms with Crippen molar-refractivity contribution in [3.8, 4) is 0 Å². The first-order valence-electron chi connectivity index (χ1n) is 13.4. The number of hydrogen-bond donors (Lipinski definition) is 1. The Bertz CT molecular complexity index is 756. The first kappa shape index (κ1) is 23.3. The molecule has 31 heavy (non-hydrogen) atoms. The zero-order valence-corrected chi connectivity index (χ0v) is 21.2. The summed E-state index contributed by atoms with van der Waals surface area (Å²) in [5, 5.41) is 10.4. The van der Waals surface area contributed by atoms with Crippen LogP contribution in [0.25, 0.3) is 0 Å². The molecule has 0 radical (unpaired) electrons. The Morgan fingerprint density at radius 1 is 1.03 bits per heavy atom. The Morgan fingerprint density at radius 3 is 2.45 bits per heavy atom. The summed E-state index contributed by atoms with van der Waals surface area (Å²) in [5.41, 5.74) is 5.18. The Kier molecular flexibility index (Phi) is 6.41. The van der Waals surface area contributed by atoms with Gasteiger partial charge in [0.15, 0.2) is 0 Å². The Morgan fingerprint density at radius 2 is 1.77 bits per heavy atom. The maximum atomic E-state index is 10.4. The highest BCUT2D eigenvalue weighted by atomic mass is 16.3. The molecular formula is C30H48O. The van der Waals surface area contributed by atoms with E-state index in [9.17, 15) is 5.11 Å². The van der Waals surface area contributed by atoms with E-state index >= 15 is 0 Å². The van der Waals surface area contributed by atoms with Gasteiger partial charge >= 0.3 is 0 Å². The highest BCUT2D eigenvalue weighted by molar-refractivity contribution is 5.47. The van der Waals surface area contributed by atoms with Gasteiger partial charge in [0.05, 0.1) is 6.10 Å². The summed E-state index contributed by atoms with van der Waals surface area (Å²) in [6.07, 6.45) is 16.1.